The molecule has 0 atom stereocenters. The van der Waals surface area contributed by atoms with Gasteiger partial charge < -0.3 is 0 Å². The zero-order valence-electron chi connectivity index (χ0n) is 9.33. The largest absolute Gasteiger partial charge is 0.215 e. The minimum absolute atomic E-state index is 0.413. The Kier molecular flexibility index (Phi) is 3.47. The molecule has 2 nitrogen and oxygen atoms in total. The van der Waals surface area contributed by atoms with Crippen LogP contribution in [-0.4, -0.2) is 9.97 Å². The molecule has 1 saturated carbocycles. The van der Waals surface area contributed by atoms with Crippen molar-refractivity contribution in [3.05, 3.63) is 43.7 Å². The second-order valence-corrected chi connectivity index (χ2v) is 6.10. The molecular weight excluding hydrogens is 382 g/mol. The van der Waals surface area contributed by atoms with Crippen molar-refractivity contribution in [2.75, 3.05) is 0 Å². The lowest BCUT2D eigenvalue weighted by atomic mass is 10.0. The maximum Gasteiger partial charge on any atom is 0.162 e. The van der Waals surface area contributed by atoms with Crippen molar-refractivity contribution in [2.24, 2.45) is 0 Å². The number of benzene rings is 1. The van der Waals surface area contributed by atoms with E-state index in [9.17, 15) is 0 Å². The molecule has 0 amide bonds. The van der Waals surface area contributed by atoms with E-state index in [0.29, 0.717) is 25.6 Å². The summed E-state index contributed by atoms with van der Waals surface area (Å²) in [6, 6.07) is 8.20. The molecule has 0 spiro atoms. The molecule has 18 heavy (non-hydrogen) atoms. The van der Waals surface area contributed by atoms with Crippen LogP contribution in [0.3, 0.4) is 0 Å². The van der Waals surface area contributed by atoms with Gasteiger partial charge in [-0.1, -0.05) is 47.5 Å². The number of nitrogens with zero attached hydrogens (tertiary/aromatic N) is 2. The molecule has 2 aromatic rings. The average molecular weight is 391 g/mol. The number of rotatable bonds is 2. The molecule has 3 rings (SSSR count). The molecule has 0 radical (unpaired) electrons. The van der Waals surface area contributed by atoms with Gasteiger partial charge in [-0.15, -0.1) is 0 Å². The molecule has 1 heterocycles. The molecule has 1 fully saturated rings. The second-order valence-electron chi connectivity index (χ2n) is 4.30. The number of hydrogen-bond donors (Lipinski definition) is 0. The second kappa shape index (κ2) is 4.94. The quantitative estimate of drug-likeness (QED) is 0.536. The fraction of sp³-hybridized carbons (Fsp3) is 0.231. The van der Waals surface area contributed by atoms with Crippen molar-refractivity contribution < 1.29 is 0 Å². The van der Waals surface area contributed by atoms with Crippen LogP contribution >= 0.6 is 45.8 Å². The van der Waals surface area contributed by atoms with Crippen LogP contribution < -0.4 is 0 Å². The molecule has 5 heteroatoms. The molecular formula is C13H9Cl2IN2. The number of aromatic nitrogens is 2. The third-order valence-electron chi connectivity index (χ3n) is 2.99. The Morgan fingerprint density at radius 2 is 1.67 bits per heavy atom. The molecule has 0 unspecified atom stereocenters. The monoisotopic (exact) mass is 390 g/mol. The highest BCUT2D eigenvalue weighted by Crippen LogP contribution is 2.44. The summed E-state index contributed by atoms with van der Waals surface area (Å²) in [5.41, 5.74) is 2.34. The first-order chi connectivity index (χ1) is 8.66. The van der Waals surface area contributed by atoms with E-state index in [0.717, 1.165) is 5.56 Å². The van der Waals surface area contributed by atoms with E-state index in [2.05, 4.69) is 38.6 Å². The third-order valence-corrected chi connectivity index (χ3v) is 5.20. The molecule has 92 valence electrons. The Morgan fingerprint density at radius 1 is 1.06 bits per heavy atom. The van der Waals surface area contributed by atoms with Gasteiger partial charge in [-0.2, -0.15) is 0 Å². The minimum Gasteiger partial charge on any atom is -0.215 e. The van der Waals surface area contributed by atoms with Gasteiger partial charge in [0.2, 0.25) is 0 Å². The Morgan fingerprint density at radius 3 is 2.28 bits per heavy atom. The summed E-state index contributed by atoms with van der Waals surface area (Å²) in [5.74, 6) is 1.26. The lowest BCUT2D eigenvalue weighted by molar-refractivity contribution is 1.10. The highest BCUT2D eigenvalue weighted by Gasteiger charge is 2.27. The van der Waals surface area contributed by atoms with Gasteiger partial charge in [0.1, 0.15) is 10.3 Å². The Labute approximate surface area is 129 Å². The van der Waals surface area contributed by atoms with Crippen molar-refractivity contribution in [3.8, 4) is 11.4 Å². The summed E-state index contributed by atoms with van der Waals surface area (Å²) >= 11 is 14.2. The third kappa shape index (κ3) is 2.36. The normalized spacial score (nSPS) is 14.8. The first-order valence-electron chi connectivity index (χ1n) is 5.64. The smallest absolute Gasteiger partial charge is 0.162 e. The van der Waals surface area contributed by atoms with E-state index in [1.165, 1.54) is 18.4 Å². The van der Waals surface area contributed by atoms with Crippen LogP contribution in [0.25, 0.3) is 11.4 Å². The van der Waals surface area contributed by atoms with Crippen LogP contribution in [-0.2, 0) is 0 Å². The summed E-state index contributed by atoms with van der Waals surface area (Å²) in [6.45, 7) is 0. The van der Waals surface area contributed by atoms with Crippen LogP contribution in [0.15, 0.2) is 24.3 Å². The Hall–Kier alpha value is -0.390. The van der Waals surface area contributed by atoms with Gasteiger partial charge in [0.25, 0.3) is 0 Å². The van der Waals surface area contributed by atoms with Crippen molar-refractivity contribution in [1.29, 1.82) is 0 Å². The standard InChI is InChI=1S/C13H9Cl2IN2/c14-11-10(16)12(15)18-13(17-11)9-4-2-1-3-8(9)7-5-6-7/h1-4,7H,5-6H2. The van der Waals surface area contributed by atoms with Crippen LogP contribution in [0.2, 0.25) is 10.3 Å². The average Bonchev–Trinajstić information content (AvgIpc) is 3.19. The van der Waals surface area contributed by atoms with Crippen LogP contribution in [0.1, 0.15) is 24.3 Å². The van der Waals surface area contributed by atoms with Gasteiger partial charge in [-0.3, -0.25) is 0 Å². The van der Waals surface area contributed by atoms with E-state index in [-0.39, 0.29) is 0 Å². The van der Waals surface area contributed by atoms with Gasteiger partial charge >= 0.3 is 0 Å². The predicted octanol–water partition coefficient (Wildman–Crippen LogP) is 4.93. The van der Waals surface area contributed by atoms with E-state index >= 15 is 0 Å². The maximum absolute atomic E-state index is 6.07. The molecule has 0 bridgehead atoms. The first kappa shape index (κ1) is 12.6. The first-order valence-corrected chi connectivity index (χ1v) is 7.48. The van der Waals surface area contributed by atoms with Gasteiger partial charge in [0.15, 0.2) is 5.82 Å². The van der Waals surface area contributed by atoms with Gasteiger partial charge in [-0.25, -0.2) is 9.97 Å². The highest BCUT2D eigenvalue weighted by molar-refractivity contribution is 14.1. The predicted molar refractivity (Wildman–Crippen MR) is 82.2 cm³/mol. The summed E-state index contributed by atoms with van der Waals surface area (Å²) in [6.07, 6.45) is 2.48. The Bertz CT molecular complexity index is 589. The van der Waals surface area contributed by atoms with E-state index in [4.69, 9.17) is 23.2 Å². The maximum atomic E-state index is 6.07. The van der Waals surface area contributed by atoms with Crippen molar-refractivity contribution >= 4 is 45.8 Å². The molecule has 0 N–H and O–H groups in total. The zero-order chi connectivity index (χ0) is 12.7. The zero-order valence-corrected chi connectivity index (χ0v) is 13.0. The lowest BCUT2D eigenvalue weighted by Gasteiger charge is -2.08. The molecule has 1 aromatic carbocycles. The fourth-order valence-corrected chi connectivity index (χ4v) is 2.59. The topological polar surface area (TPSA) is 25.8 Å². The van der Waals surface area contributed by atoms with Crippen LogP contribution in [0.5, 0.6) is 0 Å². The molecule has 0 aliphatic heterocycles. The number of hydrogen-bond acceptors (Lipinski definition) is 2. The van der Waals surface area contributed by atoms with Crippen LogP contribution in [0.4, 0.5) is 0 Å². The van der Waals surface area contributed by atoms with Gasteiger partial charge in [0, 0.05) is 5.56 Å². The lowest BCUT2D eigenvalue weighted by Crippen LogP contribution is -1.96. The van der Waals surface area contributed by atoms with Crippen molar-refractivity contribution in [2.45, 2.75) is 18.8 Å². The summed E-state index contributed by atoms with van der Waals surface area (Å²) in [7, 11) is 0. The van der Waals surface area contributed by atoms with Crippen molar-refractivity contribution in [3.63, 3.8) is 0 Å². The molecule has 0 saturated heterocycles. The fourth-order valence-electron chi connectivity index (χ4n) is 1.97. The minimum atomic E-state index is 0.413. The molecule has 1 aliphatic carbocycles. The SMILES string of the molecule is Clc1nc(-c2ccccc2C2CC2)nc(Cl)c1I. The Balaban J connectivity index is 2.15. The summed E-state index contributed by atoms with van der Waals surface area (Å²) in [4.78, 5) is 8.67. The highest BCUT2D eigenvalue weighted by atomic mass is 127. The van der Waals surface area contributed by atoms with E-state index < -0.39 is 0 Å². The van der Waals surface area contributed by atoms with E-state index in [1.54, 1.807) is 0 Å². The van der Waals surface area contributed by atoms with Gasteiger partial charge in [-0.05, 0) is 46.9 Å². The molecule has 1 aromatic heterocycles. The molecule has 1 aliphatic rings. The van der Waals surface area contributed by atoms with Crippen LogP contribution in [0, 0.1) is 3.57 Å². The number of halogens is 3. The summed E-state index contributed by atoms with van der Waals surface area (Å²) < 4.78 is 0.698. The van der Waals surface area contributed by atoms with Gasteiger partial charge in [0.05, 0.1) is 3.57 Å². The van der Waals surface area contributed by atoms with Crippen molar-refractivity contribution in [1.82, 2.24) is 9.97 Å². The summed E-state index contributed by atoms with van der Waals surface area (Å²) in [5, 5.41) is 0.826. The van der Waals surface area contributed by atoms with E-state index in [1.807, 2.05) is 18.2 Å².